The van der Waals surface area contributed by atoms with Gasteiger partial charge in [-0.05, 0) is 38.5 Å². The Labute approximate surface area is 103 Å². The van der Waals surface area contributed by atoms with Crippen LogP contribution < -0.4 is 0 Å². The summed E-state index contributed by atoms with van der Waals surface area (Å²) in [5, 5.41) is 0.722. The van der Waals surface area contributed by atoms with Crippen LogP contribution in [0.1, 0.15) is 27.2 Å². The zero-order valence-corrected chi connectivity index (χ0v) is 10.9. The average molecular weight is 236 g/mol. The van der Waals surface area contributed by atoms with Crippen molar-refractivity contribution in [1.29, 1.82) is 0 Å². The summed E-state index contributed by atoms with van der Waals surface area (Å²) in [5.74, 6) is 0. The molecule has 0 spiro atoms. The largest absolute Gasteiger partial charge is 0.321 e. The van der Waals surface area contributed by atoms with Gasteiger partial charge in [0.05, 0.1) is 0 Å². The molecule has 0 saturated heterocycles. The maximum Gasteiger partial charge on any atom is 0.0441 e. The van der Waals surface area contributed by atoms with Gasteiger partial charge in [0.15, 0.2) is 0 Å². The quantitative estimate of drug-likeness (QED) is 0.641. The number of nitrogens with zero attached hydrogens (tertiary/aromatic N) is 1. The minimum Gasteiger partial charge on any atom is -0.321 e. The molecule has 0 aliphatic carbocycles. The molecule has 1 rings (SSSR count). The summed E-state index contributed by atoms with van der Waals surface area (Å²) in [6.45, 7) is 10.3. The molecular formula is C14H18ClN. The van der Waals surface area contributed by atoms with Crippen molar-refractivity contribution in [2.75, 3.05) is 0 Å². The van der Waals surface area contributed by atoms with Crippen LogP contribution in [-0.2, 0) is 0 Å². The summed E-state index contributed by atoms with van der Waals surface area (Å²) in [6, 6.07) is 0. The van der Waals surface area contributed by atoms with Crippen LogP contribution in [0.25, 0.3) is 0 Å². The smallest absolute Gasteiger partial charge is 0.0441 e. The van der Waals surface area contributed by atoms with Crippen molar-refractivity contribution in [3.05, 3.63) is 59.1 Å². The molecule has 0 atom stereocenters. The van der Waals surface area contributed by atoms with Gasteiger partial charge in [-0.3, -0.25) is 0 Å². The Hall–Kier alpha value is -1.21. The fourth-order valence-corrected chi connectivity index (χ4v) is 1.67. The van der Waals surface area contributed by atoms with Crippen LogP contribution in [-0.4, -0.2) is 4.90 Å². The Morgan fingerprint density at radius 3 is 2.75 bits per heavy atom. The lowest BCUT2D eigenvalue weighted by molar-refractivity contribution is 0.566. The fraction of sp³-hybridized carbons (Fsp3) is 0.286. The molecule has 1 nitrogen and oxygen atoms in total. The third kappa shape index (κ3) is 3.14. The summed E-state index contributed by atoms with van der Waals surface area (Å²) < 4.78 is 0. The van der Waals surface area contributed by atoms with E-state index in [0.717, 1.165) is 17.2 Å². The zero-order chi connectivity index (χ0) is 12.1. The van der Waals surface area contributed by atoms with Gasteiger partial charge in [-0.15, -0.1) is 0 Å². The lowest BCUT2D eigenvalue weighted by Crippen LogP contribution is -2.16. The van der Waals surface area contributed by atoms with Crippen molar-refractivity contribution in [3.8, 4) is 0 Å². The molecule has 0 aromatic rings. The summed E-state index contributed by atoms with van der Waals surface area (Å²) in [7, 11) is 0. The highest BCUT2D eigenvalue weighted by Gasteiger charge is 2.11. The number of halogens is 1. The van der Waals surface area contributed by atoms with Crippen molar-refractivity contribution in [2.24, 2.45) is 0 Å². The number of hydrogen-bond acceptors (Lipinski definition) is 1. The summed E-state index contributed by atoms with van der Waals surface area (Å²) in [5.41, 5.74) is 3.38. The monoisotopic (exact) mass is 235 g/mol. The topological polar surface area (TPSA) is 3.24 Å². The van der Waals surface area contributed by atoms with Crippen molar-refractivity contribution in [2.45, 2.75) is 27.2 Å². The van der Waals surface area contributed by atoms with Crippen molar-refractivity contribution in [1.82, 2.24) is 4.90 Å². The Balaban J connectivity index is 2.96. The van der Waals surface area contributed by atoms with Crippen molar-refractivity contribution in [3.63, 3.8) is 0 Å². The minimum atomic E-state index is 0.722. The third-order valence-electron chi connectivity index (χ3n) is 2.52. The van der Waals surface area contributed by atoms with Gasteiger partial charge in [0.2, 0.25) is 0 Å². The van der Waals surface area contributed by atoms with E-state index in [2.05, 4.69) is 37.5 Å². The van der Waals surface area contributed by atoms with E-state index in [1.165, 1.54) is 11.3 Å². The summed E-state index contributed by atoms with van der Waals surface area (Å²) >= 11 is 5.91. The standard InChI is InChI=1S/C14H18ClN/c1-5-11(3)9-14(6-2)16-8-7-13(15)10-12(16)4/h5,7-10H,4,6H2,1-3H3. The summed E-state index contributed by atoms with van der Waals surface area (Å²) in [4.78, 5) is 2.07. The molecule has 2 heteroatoms. The highest BCUT2D eigenvalue weighted by molar-refractivity contribution is 6.31. The van der Waals surface area contributed by atoms with Crippen LogP contribution in [0.3, 0.4) is 0 Å². The number of rotatable bonds is 3. The van der Waals surface area contributed by atoms with E-state index in [1.54, 1.807) is 0 Å². The van der Waals surface area contributed by atoms with E-state index >= 15 is 0 Å². The van der Waals surface area contributed by atoms with E-state index in [-0.39, 0.29) is 0 Å². The first-order valence-corrected chi connectivity index (χ1v) is 5.83. The van der Waals surface area contributed by atoms with Gasteiger partial charge >= 0.3 is 0 Å². The Bertz CT molecular complexity index is 397. The van der Waals surface area contributed by atoms with Crippen LogP contribution in [0.15, 0.2) is 59.1 Å². The molecule has 0 aromatic heterocycles. The molecule has 0 bridgehead atoms. The van der Waals surface area contributed by atoms with Crippen LogP contribution in [0.4, 0.5) is 0 Å². The highest BCUT2D eigenvalue weighted by atomic mass is 35.5. The first-order valence-electron chi connectivity index (χ1n) is 5.45. The Morgan fingerprint density at radius 2 is 2.25 bits per heavy atom. The molecule has 86 valence electrons. The molecule has 16 heavy (non-hydrogen) atoms. The molecule has 0 fully saturated rings. The first kappa shape index (κ1) is 12.9. The fourth-order valence-electron chi connectivity index (χ4n) is 1.49. The van der Waals surface area contributed by atoms with Gasteiger partial charge in [-0.2, -0.15) is 0 Å². The van der Waals surface area contributed by atoms with Crippen LogP contribution in [0.5, 0.6) is 0 Å². The van der Waals surface area contributed by atoms with E-state index in [0.29, 0.717) is 0 Å². The molecular weight excluding hydrogens is 218 g/mol. The molecule has 0 amide bonds. The van der Waals surface area contributed by atoms with E-state index < -0.39 is 0 Å². The van der Waals surface area contributed by atoms with E-state index in [9.17, 15) is 0 Å². The number of allylic oxidation sites excluding steroid dienone is 7. The van der Waals surface area contributed by atoms with Crippen LogP contribution >= 0.6 is 11.6 Å². The predicted molar refractivity (Wildman–Crippen MR) is 71.9 cm³/mol. The normalized spacial score (nSPS) is 17.9. The molecule has 1 aliphatic rings. The average Bonchev–Trinajstić information content (AvgIpc) is 2.26. The molecule has 0 radical (unpaired) electrons. The lowest BCUT2D eigenvalue weighted by Gasteiger charge is -2.26. The Kier molecular flexibility index (Phi) is 4.63. The first-order chi connectivity index (χ1) is 7.58. The summed E-state index contributed by atoms with van der Waals surface area (Å²) in [6.07, 6.45) is 10.9. The van der Waals surface area contributed by atoms with Gasteiger partial charge in [-0.25, -0.2) is 0 Å². The maximum absolute atomic E-state index is 5.91. The van der Waals surface area contributed by atoms with Gasteiger partial charge in [-0.1, -0.05) is 36.8 Å². The molecule has 0 N–H and O–H groups in total. The minimum absolute atomic E-state index is 0.722. The SMILES string of the molecule is C=C1C=C(Cl)C=CN1C(=CC(C)=CC)CC. The number of hydrogen-bond donors (Lipinski definition) is 0. The third-order valence-corrected chi connectivity index (χ3v) is 2.75. The van der Waals surface area contributed by atoms with Gasteiger partial charge in [0.1, 0.15) is 0 Å². The van der Waals surface area contributed by atoms with Gasteiger partial charge in [0, 0.05) is 22.6 Å². The van der Waals surface area contributed by atoms with Crippen molar-refractivity contribution >= 4 is 11.6 Å². The van der Waals surface area contributed by atoms with E-state index in [1.807, 2.05) is 25.3 Å². The maximum atomic E-state index is 5.91. The van der Waals surface area contributed by atoms with Crippen LogP contribution in [0.2, 0.25) is 0 Å². The lowest BCUT2D eigenvalue weighted by atomic mass is 10.1. The molecule has 0 unspecified atom stereocenters. The molecule has 1 aliphatic heterocycles. The second-order valence-electron chi connectivity index (χ2n) is 3.73. The van der Waals surface area contributed by atoms with Gasteiger partial charge in [0.25, 0.3) is 0 Å². The predicted octanol–water partition coefficient (Wildman–Crippen LogP) is 4.71. The van der Waals surface area contributed by atoms with Crippen molar-refractivity contribution < 1.29 is 0 Å². The highest BCUT2D eigenvalue weighted by Crippen LogP contribution is 2.24. The van der Waals surface area contributed by atoms with E-state index in [4.69, 9.17) is 11.6 Å². The molecule has 0 saturated carbocycles. The second-order valence-corrected chi connectivity index (χ2v) is 4.16. The van der Waals surface area contributed by atoms with Crippen LogP contribution in [0, 0.1) is 0 Å². The zero-order valence-electron chi connectivity index (χ0n) is 10.1. The second kappa shape index (κ2) is 5.76. The molecule has 0 aromatic carbocycles. The Morgan fingerprint density at radius 1 is 1.56 bits per heavy atom. The van der Waals surface area contributed by atoms with Gasteiger partial charge < -0.3 is 4.90 Å². The molecule has 1 heterocycles.